The summed E-state index contributed by atoms with van der Waals surface area (Å²) in [5, 5.41) is 23.0. The minimum atomic E-state index is -1.82. The Balaban J connectivity index is 0.000000696. The molecule has 0 atom stereocenters. The third-order valence-electron chi connectivity index (χ3n) is 7.64. The largest absolute Gasteiger partial charge is 0.473 e. The van der Waals surface area contributed by atoms with E-state index in [1.165, 1.54) is 18.2 Å². The molecule has 1 aliphatic heterocycles. The number of likely N-dealkylation sites (tertiary alicyclic amines) is 1. The van der Waals surface area contributed by atoms with Crippen molar-refractivity contribution in [1.82, 2.24) is 24.7 Å². The molecule has 1 saturated heterocycles. The molecule has 2 fully saturated rings. The number of esters is 1. The summed E-state index contributed by atoms with van der Waals surface area (Å²) in [7, 11) is 1.37. The van der Waals surface area contributed by atoms with Crippen molar-refractivity contribution >= 4 is 29.5 Å². The van der Waals surface area contributed by atoms with Gasteiger partial charge in [0.15, 0.2) is 0 Å². The van der Waals surface area contributed by atoms with E-state index in [1.807, 2.05) is 30.3 Å². The summed E-state index contributed by atoms with van der Waals surface area (Å²) < 4.78 is 8.20. The van der Waals surface area contributed by atoms with Crippen LogP contribution in [0.5, 0.6) is 0 Å². The molecule has 4 rings (SSSR count). The normalized spacial score (nSPS) is 17.1. The molecular weight excluding hydrogens is 536 g/mol. The highest BCUT2D eigenvalue weighted by atomic mass is 16.5. The summed E-state index contributed by atoms with van der Waals surface area (Å²) in [5.41, 5.74) is -0.508. The monoisotopic (exact) mass is 574 g/mol. The number of aromatic nitrogens is 4. The lowest BCUT2D eigenvalue weighted by Crippen LogP contribution is -2.62. The number of para-hydroxylation sites is 1. The van der Waals surface area contributed by atoms with Crippen LogP contribution in [0.2, 0.25) is 0 Å². The number of carbonyl (C=O) groups excluding carboxylic acids is 2. The van der Waals surface area contributed by atoms with Crippen LogP contribution in [0.4, 0.5) is 5.69 Å². The van der Waals surface area contributed by atoms with Gasteiger partial charge in [-0.25, -0.2) is 19.2 Å². The summed E-state index contributed by atoms with van der Waals surface area (Å²) in [5.74, 6) is -4.15. The Morgan fingerprint density at radius 1 is 0.976 bits per heavy atom. The van der Waals surface area contributed by atoms with Gasteiger partial charge in [-0.2, -0.15) is 9.36 Å². The molecule has 0 unspecified atom stereocenters. The first-order valence-electron chi connectivity index (χ1n) is 13.8. The van der Waals surface area contributed by atoms with Crippen LogP contribution in [0.15, 0.2) is 35.1 Å². The van der Waals surface area contributed by atoms with Crippen molar-refractivity contribution in [2.75, 3.05) is 31.6 Å². The highest BCUT2D eigenvalue weighted by Crippen LogP contribution is 2.35. The van der Waals surface area contributed by atoms with Crippen LogP contribution in [-0.4, -0.2) is 91.0 Å². The van der Waals surface area contributed by atoms with Gasteiger partial charge in [-0.3, -0.25) is 9.69 Å². The van der Waals surface area contributed by atoms with Gasteiger partial charge in [0.05, 0.1) is 19.7 Å². The van der Waals surface area contributed by atoms with Crippen molar-refractivity contribution in [2.24, 2.45) is 0 Å². The average molecular weight is 575 g/mol. The first kappa shape index (κ1) is 31.5. The smallest absolute Gasteiger partial charge is 0.414 e. The van der Waals surface area contributed by atoms with E-state index in [0.717, 1.165) is 25.7 Å². The van der Waals surface area contributed by atoms with Crippen LogP contribution >= 0.6 is 0 Å². The number of anilines is 1. The van der Waals surface area contributed by atoms with Gasteiger partial charge in [0.2, 0.25) is 5.91 Å². The second-order valence-corrected chi connectivity index (χ2v) is 10.1. The van der Waals surface area contributed by atoms with Crippen LogP contribution in [0.3, 0.4) is 0 Å². The van der Waals surface area contributed by atoms with Crippen LogP contribution < -0.4 is 10.6 Å². The Hall–Kier alpha value is -4.07. The third kappa shape index (κ3) is 7.57. The van der Waals surface area contributed by atoms with E-state index in [-0.39, 0.29) is 24.1 Å². The maximum Gasteiger partial charge on any atom is 0.414 e. The fourth-order valence-corrected chi connectivity index (χ4v) is 5.44. The van der Waals surface area contributed by atoms with Crippen molar-refractivity contribution in [3.05, 3.63) is 40.8 Å². The van der Waals surface area contributed by atoms with Gasteiger partial charge in [0.1, 0.15) is 5.54 Å². The highest BCUT2D eigenvalue weighted by molar-refractivity contribution is 6.27. The predicted molar refractivity (Wildman–Crippen MR) is 146 cm³/mol. The standard InChI is InChI=1S/C25H36N6O4.C2H2O4/c1-3-22(32)30(20-10-6-4-7-11-20)25(23(33)35-2)14-16-28(17-15-25)18-19-29-24(34)31(27-26-29)21-12-8-5-9-13-21;3-1(4)2(5)6/h4,6-7,10-11,21H,3,5,8-9,12-19H2,1-2H3;(H,3,4)(H,5,6). The summed E-state index contributed by atoms with van der Waals surface area (Å²) >= 11 is 0. The molecule has 1 aliphatic carbocycles. The molecular formula is C27H38N6O8. The van der Waals surface area contributed by atoms with Gasteiger partial charge in [0, 0.05) is 31.7 Å². The van der Waals surface area contributed by atoms with Crippen LogP contribution in [-0.2, 0) is 30.5 Å². The highest BCUT2D eigenvalue weighted by Gasteiger charge is 2.49. The summed E-state index contributed by atoms with van der Waals surface area (Å²) in [6.07, 6.45) is 6.61. The zero-order valence-electron chi connectivity index (χ0n) is 23.5. The van der Waals surface area contributed by atoms with Gasteiger partial charge in [-0.05, 0) is 48.2 Å². The zero-order chi connectivity index (χ0) is 30.0. The van der Waals surface area contributed by atoms with Crippen LogP contribution in [0.1, 0.15) is 64.3 Å². The van der Waals surface area contributed by atoms with Crippen molar-refractivity contribution in [3.8, 4) is 0 Å². The molecule has 224 valence electrons. The number of hydrogen-bond donors (Lipinski definition) is 2. The van der Waals surface area contributed by atoms with E-state index in [4.69, 9.17) is 24.5 Å². The van der Waals surface area contributed by atoms with Crippen molar-refractivity contribution < 1.29 is 34.1 Å². The number of ether oxygens (including phenoxy) is 1. The van der Waals surface area contributed by atoms with E-state index >= 15 is 0 Å². The number of carbonyl (C=O) groups is 4. The number of rotatable bonds is 8. The first-order valence-corrected chi connectivity index (χ1v) is 13.8. The number of hydrogen-bond acceptors (Lipinski definition) is 9. The van der Waals surface area contributed by atoms with Crippen molar-refractivity contribution in [2.45, 2.75) is 76.4 Å². The quantitative estimate of drug-likeness (QED) is 0.345. The Labute approximate surface area is 237 Å². The third-order valence-corrected chi connectivity index (χ3v) is 7.64. The van der Waals surface area contributed by atoms with E-state index in [2.05, 4.69) is 15.3 Å². The Morgan fingerprint density at radius 3 is 2.12 bits per heavy atom. The summed E-state index contributed by atoms with van der Waals surface area (Å²) in [6.45, 7) is 4.05. The van der Waals surface area contributed by atoms with Gasteiger partial charge in [0.25, 0.3) is 0 Å². The van der Waals surface area contributed by atoms with Gasteiger partial charge < -0.3 is 19.8 Å². The molecule has 41 heavy (non-hydrogen) atoms. The zero-order valence-corrected chi connectivity index (χ0v) is 23.5. The number of carboxylic acids is 2. The van der Waals surface area contributed by atoms with E-state index in [0.29, 0.717) is 44.7 Å². The maximum atomic E-state index is 13.1. The molecule has 0 bridgehead atoms. The number of tetrazole rings is 1. The molecule has 1 aromatic carbocycles. The number of amides is 1. The SMILES string of the molecule is CCC(=O)N(c1ccccc1)C1(C(=O)OC)CCN(CCn2nnn(C3CCCCC3)c2=O)CC1.O=C(O)C(=O)O. The summed E-state index contributed by atoms with van der Waals surface area (Å²) in [6, 6.07) is 9.48. The second kappa shape index (κ2) is 14.5. The first-order chi connectivity index (χ1) is 19.6. The van der Waals surface area contributed by atoms with Gasteiger partial charge >= 0.3 is 23.6 Å². The minimum absolute atomic E-state index is 0.110. The lowest BCUT2D eigenvalue weighted by molar-refractivity contribution is -0.159. The fourth-order valence-electron chi connectivity index (χ4n) is 5.44. The number of piperidine rings is 1. The molecule has 2 aromatic rings. The Bertz CT molecular complexity index is 1230. The minimum Gasteiger partial charge on any atom is -0.473 e. The lowest BCUT2D eigenvalue weighted by Gasteiger charge is -2.46. The predicted octanol–water partition coefficient (Wildman–Crippen LogP) is 1.55. The number of aliphatic carboxylic acids is 2. The summed E-state index contributed by atoms with van der Waals surface area (Å²) in [4.78, 5) is 61.0. The molecule has 1 amide bonds. The van der Waals surface area contributed by atoms with Crippen LogP contribution in [0.25, 0.3) is 0 Å². The molecule has 0 radical (unpaired) electrons. The second-order valence-electron chi connectivity index (χ2n) is 10.1. The topological polar surface area (TPSA) is 177 Å². The lowest BCUT2D eigenvalue weighted by atomic mass is 9.84. The Morgan fingerprint density at radius 2 is 1.59 bits per heavy atom. The van der Waals surface area contributed by atoms with Crippen LogP contribution in [0, 0.1) is 0 Å². The van der Waals surface area contributed by atoms with Gasteiger partial charge in [-0.1, -0.05) is 44.4 Å². The molecule has 2 aliphatic rings. The molecule has 14 nitrogen and oxygen atoms in total. The molecule has 14 heteroatoms. The number of nitrogens with zero attached hydrogens (tertiary/aromatic N) is 6. The number of carboxylic acid groups (broad SMARTS) is 2. The fraction of sp³-hybridized carbons (Fsp3) is 0.593. The number of methoxy groups -OCH3 is 1. The van der Waals surface area contributed by atoms with Crippen molar-refractivity contribution in [1.29, 1.82) is 0 Å². The average Bonchev–Trinajstić information content (AvgIpc) is 3.37. The maximum absolute atomic E-state index is 13.1. The van der Waals surface area contributed by atoms with E-state index in [9.17, 15) is 14.4 Å². The van der Waals surface area contributed by atoms with E-state index in [1.54, 1.807) is 16.5 Å². The van der Waals surface area contributed by atoms with E-state index < -0.39 is 23.4 Å². The molecule has 0 spiro atoms. The molecule has 2 N–H and O–H groups in total. The number of benzene rings is 1. The van der Waals surface area contributed by atoms with Gasteiger partial charge in [-0.15, -0.1) is 0 Å². The molecule has 1 aromatic heterocycles. The molecule has 2 heterocycles. The molecule has 1 saturated carbocycles. The Kier molecular flexibility index (Phi) is 11.1. The van der Waals surface area contributed by atoms with Crippen molar-refractivity contribution in [3.63, 3.8) is 0 Å².